The molecular formula is C12H15ClFNO. The number of nitrogens with two attached hydrogens (primary N) is 1. The zero-order valence-electron chi connectivity index (χ0n) is 8.96. The minimum atomic E-state index is -0.411. The molecule has 0 aromatic heterocycles. The monoisotopic (exact) mass is 243 g/mol. The van der Waals surface area contributed by atoms with E-state index in [1.54, 1.807) is 12.1 Å². The van der Waals surface area contributed by atoms with Gasteiger partial charge in [-0.15, -0.1) is 0 Å². The zero-order chi connectivity index (χ0) is 11.5. The van der Waals surface area contributed by atoms with E-state index in [-0.39, 0.29) is 17.0 Å². The van der Waals surface area contributed by atoms with Gasteiger partial charge in [0.25, 0.3) is 0 Å². The van der Waals surface area contributed by atoms with Crippen molar-refractivity contribution in [1.29, 1.82) is 0 Å². The molecule has 2 rings (SSSR count). The Bertz CT molecular complexity index is 366. The molecule has 1 aliphatic heterocycles. The Kier molecular flexibility index (Phi) is 3.79. The van der Waals surface area contributed by atoms with Crippen molar-refractivity contribution < 1.29 is 9.13 Å². The topological polar surface area (TPSA) is 35.2 Å². The lowest BCUT2D eigenvalue weighted by Crippen LogP contribution is -2.29. The summed E-state index contributed by atoms with van der Waals surface area (Å²) < 4.78 is 18.7. The Labute approximate surface area is 99.5 Å². The summed E-state index contributed by atoms with van der Waals surface area (Å²) in [4.78, 5) is 0. The molecule has 1 fully saturated rings. The van der Waals surface area contributed by atoms with Crippen LogP contribution in [-0.4, -0.2) is 13.2 Å². The first-order valence-electron chi connectivity index (χ1n) is 5.47. The van der Waals surface area contributed by atoms with E-state index in [0.717, 1.165) is 19.4 Å². The van der Waals surface area contributed by atoms with Crippen molar-refractivity contribution in [3.05, 3.63) is 34.6 Å². The third kappa shape index (κ3) is 2.37. The summed E-state index contributed by atoms with van der Waals surface area (Å²) >= 11 is 5.91. The highest BCUT2D eigenvalue weighted by atomic mass is 35.5. The zero-order valence-corrected chi connectivity index (χ0v) is 9.71. The number of rotatable bonds is 2. The fourth-order valence-electron chi connectivity index (χ4n) is 2.08. The van der Waals surface area contributed by atoms with Gasteiger partial charge in [0.1, 0.15) is 5.82 Å². The lowest BCUT2D eigenvalue weighted by molar-refractivity contribution is 0.0447. The predicted octanol–water partition coefficient (Wildman–Crippen LogP) is 2.91. The van der Waals surface area contributed by atoms with Crippen molar-refractivity contribution >= 4 is 11.6 Å². The molecule has 16 heavy (non-hydrogen) atoms. The van der Waals surface area contributed by atoms with Gasteiger partial charge >= 0.3 is 0 Å². The van der Waals surface area contributed by atoms with E-state index in [4.69, 9.17) is 22.1 Å². The van der Waals surface area contributed by atoms with Gasteiger partial charge in [-0.2, -0.15) is 0 Å². The van der Waals surface area contributed by atoms with Crippen LogP contribution in [0, 0.1) is 11.7 Å². The molecule has 2 nitrogen and oxygen atoms in total. The van der Waals surface area contributed by atoms with E-state index >= 15 is 0 Å². The van der Waals surface area contributed by atoms with Gasteiger partial charge in [0.05, 0.1) is 11.6 Å². The van der Waals surface area contributed by atoms with Crippen molar-refractivity contribution in [3.8, 4) is 0 Å². The largest absolute Gasteiger partial charge is 0.381 e. The van der Waals surface area contributed by atoms with E-state index in [1.165, 1.54) is 6.07 Å². The Balaban J connectivity index is 2.19. The second kappa shape index (κ2) is 5.13. The molecular weight excluding hydrogens is 229 g/mol. The Hall–Kier alpha value is -0.640. The summed E-state index contributed by atoms with van der Waals surface area (Å²) in [6.45, 7) is 1.42. The van der Waals surface area contributed by atoms with E-state index < -0.39 is 5.82 Å². The summed E-state index contributed by atoms with van der Waals surface area (Å²) in [6, 6.07) is 4.52. The molecule has 2 N–H and O–H groups in total. The van der Waals surface area contributed by atoms with Crippen molar-refractivity contribution in [2.45, 2.75) is 18.9 Å². The smallest absolute Gasteiger partial charge is 0.142 e. The van der Waals surface area contributed by atoms with Crippen LogP contribution < -0.4 is 5.73 Å². The average molecular weight is 244 g/mol. The number of hydrogen-bond donors (Lipinski definition) is 1. The molecule has 2 unspecified atom stereocenters. The molecule has 1 aromatic carbocycles. The second-order valence-electron chi connectivity index (χ2n) is 4.15. The van der Waals surface area contributed by atoms with Gasteiger partial charge in [0.15, 0.2) is 0 Å². The lowest BCUT2D eigenvalue weighted by atomic mass is 9.89. The van der Waals surface area contributed by atoms with Crippen molar-refractivity contribution in [2.75, 3.05) is 13.2 Å². The van der Waals surface area contributed by atoms with Crippen LogP contribution in [0.4, 0.5) is 4.39 Å². The summed E-state index contributed by atoms with van der Waals surface area (Å²) in [5.41, 5.74) is 6.79. The number of hydrogen-bond acceptors (Lipinski definition) is 2. The highest BCUT2D eigenvalue weighted by Crippen LogP contribution is 2.32. The van der Waals surface area contributed by atoms with Gasteiger partial charge in [-0.3, -0.25) is 0 Å². The maximum atomic E-state index is 13.3. The normalized spacial score (nSPS) is 23.1. The van der Waals surface area contributed by atoms with E-state index in [9.17, 15) is 4.39 Å². The molecule has 0 amide bonds. The second-order valence-corrected chi connectivity index (χ2v) is 4.52. The standard InChI is InChI=1S/C12H15ClFNO/c13-11-9(4-1-5-10(11)14)12(15)8-3-2-6-16-7-8/h1,4-5,8,12H,2-3,6-7,15H2. The third-order valence-corrected chi connectivity index (χ3v) is 3.44. The van der Waals surface area contributed by atoms with Crippen LogP contribution >= 0.6 is 11.6 Å². The van der Waals surface area contributed by atoms with Crippen LogP contribution in [0.5, 0.6) is 0 Å². The summed E-state index contributed by atoms with van der Waals surface area (Å²) in [7, 11) is 0. The van der Waals surface area contributed by atoms with Crippen LogP contribution in [0.15, 0.2) is 18.2 Å². The molecule has 2 atom stereocenters. The van der Waals surface area contributed by atoms with Gasteiger partial charge in [-0.1, -0.05) is 23.7 Å². The van der Waals surface area contributed by atoms with E-state index in [1.807, 2.05) is 0 Å². The van der Waals surface area contributed by atoms with Crippen molar-refractivity contribution in [2.24, 2.45) is 11.7 Å². The first kappa shape index (κ1) is 11.8. The van der Waals surface area contributed by atoms with E-state index in [0.29, 0.717) is 12.2 Å². The maximum absolute atomic E-state index is 13.3. The number of halogens is 2. The summed E-state index contributed by atoms with van der Waals surface area (Å²) in [6.07, 6.45) is 2.01. The first-order chi connectivity index (χ1) is 7.70. The molecule has 0 radical (unpaired) electrons. The minimum absolute atomic E-state index is 0.139. The van der Waals surface area contributed by atoms with Crippen molar-refractivity contribution in [1.82, 2.24) is 0 Å². The van der Waals surface area contributed by atoms with Crippen LogP contribution in [-0.2, 0) is 4.74 Å². The van der Waals surface area contributed by atoms with Gasteiger partial charge in [-0.05, 0) is 24.5 Å². The van der Waals surface area contributed by atoms with Crippen LogP contribution in [0.1, 0.15) is 24.4 Å². The first-order valence-corrected chi connectivity index (χ1v) is 5.85. The Morgan fingerprint density at radius 1 is 1.50 bits per heavy atom. The van der Waals surface area contributed by atoms with Crippen LogP contribution in [0.25, 0.3) is 0 Å². The molecule has 4 heteroatoms. The van der Waals surface area contributed by atoms with Gasteiger partial charge < -0.3 is 10.5 Å². The van der Waals surface area contributed by atoms with Gasteiger partial charge in [0, 0.05) is 18.6 Å². The van der Waals surface area contributed by atoms with Crippen LogP contribution in [0.3, 0.4) is 0 Å². The quantitative estimate of drug-likeness (QED) is 0.867. The molecule has 0 bridgehead atoms. The Morgan fingerprint density at radius 3 is 3.00 bits per heavy atom. The van der Waals surface area contributed by atoms with Gasteiger partial charge in [0.2, 0.25) is 0 Å². The predicted molar refractivity (Wildman–Crippen MR) is 61.9 cm³/mol. The summed E-state index contributed by atoms with van der Waals surface area (Å²) in [5, 5.41) is 0.139. The minimum Gasteiger partial charge on any atom is -0.381 e. The summed E-state index contributed by atoms with van der Waals surface area (Å²) in [5.74, 6) is -0.181. The lowest BCUT2D eigenvalue weighted by Gasteiger charge is -2.28. The molecule has 0 spiro atoms. The van der Waals surface area contributed by atoms with Crippen LogP contribution in [0.2, 0.25) is 5.02 Å². The fourth-order valence-corrected chi connectivity index (χ4v) is 2.33. The average Bonchev–Trinajstić information content (AvgIpc) is 2.33. The Morgan fingerprint density at radius 2 is 2.31 bits per heavy atom. The molecule has 1 aliphatic rings. The SMILES string of the molecule is NC(c1cccc(F)c1Cl)C1CCCOC1. The molecule has 1 heterocycles. The molecule has 88 valence electrons. The van der Waals surface area contributed by atoms with Gasteiger partial charge in [-0.25, -0.2) is 4.39 Å². The molecule has 0 aliphatic carbocycles. The van der Waals surface area contributed by atoms with E-state index in [2.05, 4.69) is 0 Å². The highest BCUT2D eigenvalue weighted by molar-refractivity contribution is 6.31. The molecule has 1 aromatic rings. The number of benzene rings is 1. The molecule has 1 saturated heterocycles. The van der Waals surface area contributed by atoms with Crippen molar-refractivity contribution in [3.63, 3.8) is 0 Å². The fraction of sp³-hybridized carbons (Fsp3) is 0.500. The highest BCUT2D eigenvalue weighted by Gasteiger charge is 2.24. The number of ether oxygens (including phenoxy) is 1. The maximum Gasteiger partial charge on any atom is 0.142 e. The molecule has 0 saturated carbocycles. The third-order valence-electron chi connectivity index (χ3n) is 3.04.